The summed E-state index contributed by atoms with van der Waals surface area (Å²) in [6.45, 7) is 0.652. The maximum Gasteiger partial charge on any atom is 0.409 e. The van der Waals surface area contributed by atoms with E-state index in [1.54, 1.807) is 12.1 Å². The van der Waals surface area contributed by atoms with Crippen LogP contribution < -0.4 is 20.7 Å². The summed E-state index contributed by atoms with van der Waals surface area (Å²) in [5, 5.41) is 3.97. The number of hydrazine groups is 1. The van der Waals surface area contributed by atoms with E-state index in [2.05, 4.69) is 20.7 Å². The van der Waals surface area contributed by atoms with Crippen LogP contribution in [0.2, 0.25) is 5.02 Å². The lowest BCUT2D eigenvalue weighted by molar-refractivity contribution is -0.143. The average molecular weight is 563 g/mol. The molecule has 1 saturated heterocycles. The van der Waals surface area contributed by atoms with Crippen LogP contribution in [0.3, 0.4) is 0 Å². The molecule has 39 heavy (non-hydrogen) atoms. The molecule has 2 aromatic carbocycles. The van der Waals surface area contributed by atoms with Crippen molar-refractivity contribution in [1.82, 2.24) is 15.4 Å². The van der Waals surface area contributed by atoms with Crippen LogP contribution in [0.5, 0.6) is 0 Å². The number of nitrogens with zero attached hydrogens (tertiary/aromatic N) is 4. The number of rotatable bonds is 6. The smallest absolute Gasteiger partial charge is 0.409 e. The molecular formula is C26H23ClF4N6O2. The highest BCUT2D eigenvalue weighted by atomic mass is 35.5. The largest absolute Gasteiger partial charge is 0.467 e. The average Bonchev–Trinajstić information content (AvgIpc) is 3.61. The van der Waals surface area contributed by atoms with Gasteiger partial charge in [0.05, 0.1) is 12.1 Å². The van der Waals surface area contributed by atoms with Gasteiger partial charge in [0.25, 0.3) is 0 Å². The van der Waals surface area contributed by atoms with Gasteiger partial charge in [0.1, 0.15) is 17.9 Å². The molecule has 0 radical (unpaired) electrons. The van der Waals surface area contributed by atoms with Gasteiger partial charge in [-0.15, -0.1) is 0 Å². The molecule has 2 atom stereocenters. The fraction of sp³-hybridized carbons (Fsp3) is 0.269. The molecule has 0 amide bonds. The summed E-state index contributed by atoms with van der Waals surface area (Å²) in [4.78, 5) is 23.0. The Kier molecular flexibility index (Phi) is 7.32. The zero-order chi connectivity index (χ0) is 27.7. The predicted molar refractivity (Wildman–Crippen MR) is 139 cm³/mol. The molecule has 0 saturated carbocycles. The Balaban J connectivity index is 1.52. The third kappa shape index (κ3) is 5.62. The Labute approximate surface area is 226 Å². The highest BCUT2D eigenvalue weighted by Gasteiger charge is 2.42. The molecule has 2 aliphatic heterocycles. The lowest BCUT2D eigenvalue weighted by atomic mass is 10.1. The maximum absolute atomic E-state index is 13.6. The molecular weight excluding hydrogens is 540 g/mol. The Bertz CT molecular complexity index is 1420. The fourth-order valence-electron chi connectivity index (χ4n) is 4.55. The number of hydrogen-bond donors (Lipinski definition) is 2. The Morgan fingerprint density at radius 1 is 1.23 bits per heavy atom. The molecule has 1 unspecified atom stereocenters. The number of benzene rings is 2. The lowest BCUT2D eigenvalue weighted by Crippen LogP contribution is -2.44. The summed E-state index contributed by atoms with van der Waals surface area (Å²) in [5.41, 5.74) is 4.61. The van der Waals surface area contributed by atoms with Gasteiger partial charge in [-0.3, -0.25) is 5.01 Å². The fourth-order valence-corrected chi connectivity index (χ4v) is 4.73. The van der Waals surface area contributed by atoms with E-state index in [9.17, 15) is 22.4 Å². The molecule has 13 heteroatoms. The number of methoxy groups -OCH3 is 1. The van der Waals surface area contributed by atoms with Crippen molar-refractivity contribution in [3.8, 4) is 11.1 Å². The zero-order valence-electron chi connectivity index (χ0n) is 20.5. The number of ether oxygens (including phenoxy) is 1. The molecule has 3 aromatic rings. The number of anilines is 4. The van der Waals surface area contributed by atoms with Crippen molar-refractivity contribution in [3.05, 3.63) is 71.8 Å². The number of aromatic nitrogens is 2. The number of carbonyl (C=O) groups is 1. The molecule has 3 heterocycles. The second-order valence-corrected chi connectivity index (χ2v) is 9.38. The molecule has 5 rings (SSSR count). The number of hydrogen-bond acceptors (Lipinski definition) is 8. The normalized spacial score (nSPS) is 19.0. The summed E-state index contributed by atoms with van der Waals surface area (Å²) >= 11 is 5.86. The zero-order valence-corrected chi connectivity index (χ0v) is 21.3. The number of esters is 1. The first-order valence-electron chi connectivity index (χ1n) is 12.0. The highest BCUT2D eigenvalue weighted by Crippen LogP contribution is 2.36. The lowest BCUT2D eigenvalue weighted by Gasteiger charge is -2.26. The van der Waals surface area contributed by atoms with E-state index < -0.39 is 24.1 Å². The minimum Gasteiger partial charge on any atom is -0.467 e. The van der Waals surface area contributed by atoms with Crippen molar-refractivity contribution >= 4 is 40.7 Å². The van der Waals surface area contributed by atoms with E-state index in [1.165, 1.54) is 42.7 Å². The molecule has 2 aliphatic rings. The van der Waals surface area contributed by atoms with Crippen LogP contribution in [-0.4, -0.2) is 47.9 Å². The van der Waals surface area contributed by atoms with Crippen LogP contribution in [0.15, 0.2) is 60.9 Å². The third-order valence-corrected chi connectivity index (χ3v) is 6.74. The van der Waals surface area contributed by atoms with E-state index >= 15 is 0 Å². The molecule has 0 aliphatic carbocycles. The predicted octanol–water partition coefficient (Wildman–Crippen LogP) is 5.59. The van der Waals surface area contributed by atoms with E-state index in [0.717, 1.165) is 18.2 Å². The second kappa shape index (κ2) is 10.7. The number of nitrogens with one attached hydrogen (secondary N) is 2. The van der Waals surface area contributed by atoms with Gasteiger partial charge < -0.3 is 15.0 Å². The van der Waals surface area contributed by atoms with E-state index in [-0.39, 0.29) is 22.8 Å². The van der Waals surface area contributed by atoms with Crippen molar-refractivity contribution in [2.45, 2.75) is 31.1 Å². The van der Waals surface area contributed by atoms with Gasteiger partial charge in [0.2, 0.25) is 5.95 Å². The SMILES string of the molecule is COC(=O)[C@H]1CCCN1c1cccc(-c2cnc(Nc3ccc(F)c(Cl)c3)nc2N2C=CC(C(F)(F)F)N2)c1. The van der Waals surface area contributed by atoms with Gasteiger partial charge in [0, 0.05) is 35.9 Å². The Hall–Kier alpha value is -3.90. The summed E-state index contributed by atoms with van der Waals surface area (Å²) in [6, 6.07) is 8.88. The van der Waals surface area contributed by atoms with Crippen LogP contribution in [0.4, 0.5) is 40.7 Å². The second-order valence-electron chi connectivity index (χ2n) is 8.97. The van der Waals surface area contributed by atoms with Gasteiger partial charge >= 0.3 is 12.1 Å². The van der Waals surface area contributed by atoms with Gasteiger partial charge in [-0.25, -0.2) is 19.6 Å². The van der Waals surface area contributed by atoms with Crippen LogP contribution in [0.25, 0.3) is 11.1 Å². The molecule has 204 valence electrons. The first-order valence-corrected chi connectivity index (χ1v) is 12.4. The van der Waals surface area contributed by atoms with Gasteiger partial charge in [-0.2, -0.15) is 18.2 Å². The van der Waals surface area contributed by atoms with E-state index in [1.807, 2.05) is 17.0 Å². The number of halogens is 5. The van der Waals surface area contributed by atoms with Gasteiger partial charge in [-0.05, 0) is 54.8 Å². The third-order valence-electron chi connectivity index (χ3n) is 6.45. The van der Waals surface area contributed by atoms with E-state index in [0.29, 0.717) is 29.8 Å². The molecule has 0 spiro atoms. The Morgan fingerprint density at radius 3 is 2.77 bits per heavy atom. The van der Waals surface area contributed by atoms with Crippen molar-refractivity contribution < 1.29 is 27.1 Å². The molecule has 1 fully saturated rings. The quantitative estimate of drug-likeness (QED) is 0.297. The number of carbonyl (C=O) groups excluding carboxylic acids is 1. The highest BCUT2D eigenvalue weighted by molar-refractivity contribution is 6.31. The molecule has 1 aromatic heterocycles. The maximum atomic E-state index is 13.6. The monoisotopic (exact) mass is 562 g/mol. The van der Waals surface area contributed by atoms with E-state index in [4.69, 9.17) is 16.3 Å². The number of alkyl halides is 3. The van der Waals surface area contributed by atoms with Crippen molar-refractivity contribution in [3.63, 3.8) is 0 Å². The molecule has 2 N–H and O–H groups in total. The van der Waals surface area contributed by atoms with Crippen molar-refractivity contribution in [2.24, 2.45) is 0 Å². The van der Waals surface area contributed by atoms with Gasteiger partial charge in [-0.1, -0.05) is 23.7 Å². The van der Waals surface area contributed by atoms with Gasteiger partial charge in [0.15, 0.2) is 5.82 Å². The van der Waals surface area contributed by atoms with Crippen LogP contribution in [0, 0.1) is 5.82 Å². The van der Waals surface area contributed by atoms with Crippen LogP contribution in [-0.2, 0) is 9.53 Å². The minimum atomic E-state index is -4.51. The first kappa shape index (κ1) is 26.7. The molecule has 8 nitrogen and oxygen atoms in total. The van der Waals surface area contributed by atoms with Crippen LogP contribution in [0.1, 0.15) is 12.8 Å². The van der Waals surface area contributed by atoms with Crippen molar-refractivity contribution in [1.29, 1.82) is 0 Å². The Morgan fingerprint density at radius 2 is 2.05 bits per heavy atom. The van der Waals surface area contributed by atoms with Crippen molar-refractivity contribution in [2.75, 3.05) is 28.9 Å². The first-order chi connectivity index (χ1) is 18.6. The summed E-state index contributed by atoms with van der Waals surface area (Å²) in [6.07, 6.45) is 0.671. The minimum absolute atomic E-state index is 0.0588. The standard InChI is InChI=1S/C26H23ClF4N6O2/c1-39-24(38)21-6-3-10-36(21)17-5-2-4-15(12-17)18-14-32-25(33-16-7-8-20(28)19(27)13-16)34-23(18)37-11-9-22(35-37)26(29,30)31/h2,4-5,7-9,11-14,21-22,35H,3,6,10H2,1H3,(H,32,33,34)/t21-,22?/m1/s1. The summed E-state index contributed by atoms with van der Waals surface area (Å²) in [5.74, 6) is -0.728. The summed E-state index contributed by atoms with van der Waals surface area (Å²) < 4.78 is 58.7. The van der Waals surface area contributed by atoms with Crippen LogP contribution >= 0.6 is 11.6 Å². The molecule has 0 bridgehead atoms. The summed E-state index contributed by atoms with van der Waals surface area (Å²) in [7, 11) is 1.35. The topological polar surface area (TPSA) is 82.6 Å².